The van der Waals surface area contributed by atoms with Crippen LogP contribution in [-0.4, -0.2) is 39.9 Å². The van der Waals surface area contributed by atoms with Gasteiger partial charge in [0.05, 0.1) is 23.9 Å². The van der Waals surface area contributed by atoms with E-state index < -0.39 is 0 Å². The summed E-state index contributed by atoms with van der Waals surface area (Å²) in [6, 6.07) is 14.9. The number of aromatic nitrogens is 3. The molecule has 2 heterocycles. The van der Waals surface area contributed by atoms with Gasteiger partial charge in [0.2, 0.25) is 0 Å². The molecule has 0 bridgehead atoms. The fourth-order valence-electron chi connectivity index (χ4n) is 3.18. The first-order chi connectivity index (χ1) is 15.1. The fraction of sp³-hybridized carbons (Fsp3) is 0.130. The number of para-hydroxylation sites is 2. The molecule has 8 heteroatoms. The van der Waals surface area contributed by atoms with Crippen molar-refractivity contribution < 1.29 is 9.53 Å². The molecule has 8 nitrogen and oxygen atoms in total. The van der Waals surface area contributed by atoms with Crippen LogP contribution in [0.25, 0.3) is 22.2 Å². The lowest BCUT2D eigenvalue weighted by atomic mass is 10.2. The normalized spacial score (nSPS) is 11.3. The van der Waals surface area contributed by atoms with Crippen molar-refractivity contribution >= 4 is 40.1 Å². The van der Waals surface area contributed by atoms with Crippen molar-refractivity contribution in [1.29, 1.82) is 0 Å². The average Bonchev–Trinajstić information content (AvgIpc) is 3.05. The highest BCUT2D eigenvalue weighted by Gasteiger charge is 2.23. The number of hydrogen-bond donors (Lipinski definition) is 2. The topological polar surface area (TPSA) is 107 Å². The predicted molar refractivity (Wildman–Crippen MR) is 123 cm³/mol. The Labute approximate surface area is 179 Å². The van der Waals surface area contributed by atoms with E-state index in [9.17, 15) is 4.79 Å². The van der Waals surface area contributed by atoms with Crippen LogP contribution in [0.5, 0.6) is 5.75 Å². The van der Waals surface area contributed by atoms with Gasteiger partial charge in [-0.1, -0.05) is 18.2 Å². The molecule has 0 spiro atoms. The summed E-state index contributed by atoms with van der Waals surface area (Å²) >= 11 is 0. The summed E-state index contributed by atoms with van der Waals surface area (Å²) in [5.74, 6) is 0.583. The highest BCUT2D eigenvalue weighted by atomic mass is 16.5. The van der Waals surface area contributed by atoms with Gasteiger partial charge in [0, 0.05) is 6.54 Å². The Kier molecular flexibility index (Phi) is 5.61. The number of carbonyl (C=O) groups is 1. The zero-order valence-electron chi connectivity index (χ0n) is 17.1. The van der Waals surface area contributed by atoms with Crippen molar-refractivity contribution in [2.45, 2.75) is 6.92 Å². The van der Waals surface area contributed by atoms with E-state index in [4.69, 9.17) is 10.5 Å². The number of nitrogens with two attached hydrogens (primary N) is 1. The van der Waals surface area contributed by atoms with Crippen LogP contribution in [0.15, 0.2) is 66.3 Å². The lowest BCUT2D eigenvalue weighted by molar-refractivity contribution is 0.0960. The van der Waals surface area contributed by atoms with Gasteiger partial charge in [-0.3, -0.25) is 4.79 Å². The van der Waals surface area contributed by atoms with Crippen LogP contribution in [0, 0.1) is 0 Å². The molecule has 2 aromatic heterocycles. The Morgan fingerprint density at radius 2 is 1.90 bits per heavy atom. The number of anilines is 1. The fourth-order valence-corrected chi connectivity index (χ4v) is 3.18. The predicted octanol–water partition coefficient (Wildman–Crippen LogP) is 3.36. The second-order valence-corrected chi connectivity index (χ2v) is 6.70. The molecule has 0 radical (unpaired) electrons. The lowest BCUT2D eigenvalue weighted by Gasteiger charge is -2.03. The third-order valence-electron chi connectivity index (χ3n) is 4.62. The molecule has 0 saturated carbocycles. The molecule has 0 fully saturated rings. The number of carbonyl (C=O) groups excluding carboxylic acids is 1. The minimum Gasteiger partial charge on any atom is -0.494 e. The van der Waals surface area contributed by atoms with Crippen molar-refractivity contribution in [3.63, 3.8) is 0 Å². The Morgan fingerprint density at radius 1 is 1.19 bits per heavy atom. The zero-order valence-corrected chi connectivity index (χ0v) is 17.1. The molecule has 0 saturated heterocycles. The molecule has 31 heavy (non-hydrogen) atoms. The van der Waals surface area contributed by atoms with Crippen LogP contribution < -0.4 is 15.8 Å². The number of fused-ring (bicyclic) bond motifs is 2. The molecule has 156 valence electrons. The van der Waals surface area contributed by atoms with Gasteiger partial charge < -0.3 is 15.8 Å². The number of nitrogens with zero attached hydrogens (tertiary/aromatic N) is 4. The summed E-state index contributed by atoms with van der Waals surface area (Å²) < 4.78 is 6.90. The summed E-state index contributed by atoms with van der Waals surface area (Å²) in [7, 11) is 0. The molecular formula is C23H22N6O2. The Morgan fingerprint density at radius 3 is 2.58 bits per heavy atom. The molecule has 2 aromatic carbocycles. The third kappa shape index (κ3) is 3.95. The van der Waals surface area contributed by atoms with Crippen LogP contribution in [0.2, 0.25) is 0 Å². The maximum Gasteiger partial charge on any atom is 0.257 e. The Balaban J connectivity index is 1.83. The highest BCUT2D eigenvalue weighted by molar-refractivity contribution is 6.10. The molecule has 0 aliphatic rings. The van der Waals surface area contributed by atoms with E-state index in [-0.39, 0.29) is 17.3 Å². The van der Waals surface area contributed by atoms with Gasteiger partial charge in [0.25, 0.3) is 5.91 Å². The minimum atomic E-state index is -0.359. The number of nitrogens with one attached hydrogen (secondary N) is 1. The van der Waals surface area contributed by atoms with Crippen LogP contribution in [0.4, 0.5) is 5.82 Å². The maximum absolute atomic E-state index is 12.8. The van der Waals surface area contributed by atoms with Gasteiger partial charge in [0.15, 0.2) is 5.65 Å². The van der Waals surface area contributed by atoms with Gasteiger partial charge in [-0.05, 0) is 48.9 Å². The lowest BCUT2D eigenvalue weighted by Crippen LogP contribution is -2.24. The van der Waals surface area contributed by atoms with E-state index in [1.165, 1.54) is 4.68 Å². The number of rotatable bonds is 7. The number of hydrogen-bond acceptors (Lipinski definition) is 6. The minimum absolute atomic E-state index is 0.161. The second-order valence-electron chi connectivity index (χ2n) is 6.70. The first-order valence-corrected chi connectivity index (χ1v) is 9.85. The monoisotopic (exact) mass is 414 g/mol. The summed E-state index contributed by atoms with van der Waals surface area (Å²) in [6.45, 7) is 6.47. The first kappa shape index (κ1) is 20.1. The van der Waals surface area contributed by atoms with Crippen LogP contribution >= 0.6 is 0 Å². The second kappa shape index (κ2) is 8.66. The number of amides is 1. The standard InChI is InChI=1S/C23H22N6O2/c1-3-13-25-23(30)19-20-22(28-18-8-6-5-7-17(18)27-20)29(21(19)24)26-14-15-9-11-16(12-10-15)31-4-2/h3,5-12,14H,1,4,13,24H2,2H3,(H,25,30)/b26-14+. The van der Waals surface area contributed by atoms with Gasteiger partial charge in [-0.2, -0.15) is 9.78 Å². The Hall–Kier alpha value is -4.20. The molecule has 4 rings (SSSR count). The highest BCUT2D eigenvalue weighted by Crippen LogP contribution is 2.27. The van der Waals surface area contributed by atoms with Crippen molar-refractivity contribution in [3.8, 4) is 5.75 Å². The van der Waals surface area contributed by atoms with Gasteiger partial charge in [0.1, 0.15) is 22.6 Å². The van der Waals surface area contributed by atoms with Crippen molar-refractivity contribution in [2.75, 3.05) is 18.9 Å². The molecule has 0 aliphatic carbocycles. The Bertz CT molecular complexity index is 1290. The molecule has 0 aliphatic heterocycles. The van der Waals surface area contributed by atoms with E-state index in [0.29, 0.717) is 35.3 Å². The maximum atomic E-state index is 12.8. The summed E-state index contributed by atoms with van der Waals surface area (Å²) in [5.41, 5.74) is 9.57. The van der Waals surface area contributed by atoms with Crippen LogP contribution in [-0.2, 0) is 0 Å². The van der Waals surface area contributed by atoms with Gasteiger partial charge >= 0.3 is 0 Å². The number of benzene rings is 2. The van der Waals surface area contributed by atoms with Crippen LogP contribution in [0.1, 0.15) is 22.8 Å². The molecule has 1 amide bonds. The van der Waals surface area contributed by atoms with E-state index in [1.54, 1.807) is 12.3 Å². The van der Waals surface area contributed by atoms with Crippen molar-refractivity contribution in [1.82, 2.24) is 20.0 Å². The molecule has 0 atom stereocenters. The third-order valence-corrected chi connectivity index (χ3v) is 4.62. The number of ether oxygens (including phenoxy) is 1. The van der Waals surface area contributed by atoms with Crippen molar-refractivity contribution in [2.24, 2.45) is 5.10 Å². The van der Waals surface area contributed by atoms with Crippen LogP contribution in [0.3, 0.4) is 0 Å². The SMILES string of the molecule is C=CCNC(=O)c1c(N)n(/N=C/c2ccc(OCC)cc2)c2nc3ccccc3nc12. The zero-order chi connectivity index (χ0) is 21.8. The summed E-state index contributed by atoms with van der Waals surface area (Å²) in [5, 5.41) is 7.24. The average molecular weight is 414 g/mol. The van der Waals surface area contributed by atoms with Gasteiger partial charge in [-0.15, -0.1) is 6.58 Å². The smallest absolute Gasteiger partial charge is 0.257 e. The first-order valence-electron chi connectivity index (χ1n) is 9.85. The van der Waals surface area contributed by atoms with Crippen molar-refractivity contribution in [3.05, 3.63) is 72.3 Å². The number of nitrogen functional groups attached to an aromatic ring is 1. The summed E-state index contributed by atoms with van der Waals surface area (Å²) in [4.78, 5) is 22.1. The van der Waals surface area contributed by atoms with E-state index in [1.807, 2.05) is 55.5 Å². The molecule has 3 N–H and O–H groups in total. The molecular weight excluding hydrogens is 392 g/mol. The van der Waals surface area contributed by atoms with E-state index in [0.717, 1.165) is 11.3 Å². The van der Waals surface area contributed by atoms with E-state index in [2.05, 4.69) is 27.0 Å². The summed E-state index contributed by atoms with van der Waals surface area (Å²) in [6.07, 6.45) is 3.24. The van der Waals surface area contributed by atoms with E-state index >= 15 is 0 Å². The molecule has 0 unspecified atom stereocenters. The molecule has 4 aromatic rings. The largest absolute Gasteiger partial charge is 0.494 e. The van der Waals surface area contributed by atoms with Gasteiger partial charge in [-0.25, -0.2) is 9.97 Å². The quantitative estimate of drug-likeness (QED) is 0.356.